The first kappa shape index (κ1) is 49.5. The molecule has 0 aromatic rings. The van der Waals surface area contributed by atoms with Gasteiger partial charge in [0.15, 0.2) is 0 Å². The van der Waals surface area contributed by atoms with Crippen molar-refractivity contribution < 1.29 is 32.9 Å². The monoisotopic (exact) mass is 739 g/mol. The van der Waals surface area contributed by atoms with Crippen LogP contribution in [0.1, 0.15) is 162 Å². The van der Waals surface area contributed by atoms with Crippen molar-refractivity contribution in [3.63, 3.8) is 0 Å². The number of allylic oxidation sites excluding steroid dienone is 7. The molecule has 0 bridgehead atoms. The first-order chi connectivity index (χ1) is 24.5. The van der Waals surface area contributed by atoms with Gasteiger partial charge < -0.3 is 28.8 Å². The largest absolute Gasteiger partial charge is 0.756 e. The van der Waals surface area contributed by atoms with Crippen LogP contribution in [0.15, 0.2) is 48.6 Å². The van der Waals surface area contributed by atoms with Crippen molar-refractivity contribution in [1.29, 1.82) is 0 Å². The summed E-state index contributed by atoms with van der Waals surface area (Å²) in [7, 11) is 1.22. The Morgan fingerprint density at radius 3 is 1.59 bits per heavy atom. The first-order valence-electron chi connectivity index (χ1n) is 20.5. The minimum Gasteiger partial charge on any atom is -0.756 e. The van der Waals surface area contributed by atoms with Crippen LogP contribution in [-0.4, -0.2) is 68.5 Å². The normalized spacial score (nSPS) is 15.0. The first-order valence-corrected chi connectivity index (χ1v) is 22.0. The molecule has 0 saturated carbocycles. The molecule has 0 aromatic carbocycles. The third-order valence-corrected chi connectivity index (χ3v) is 9.70. The molecule has 0 spiro atoms. The molecule has 0 aliphatic rings. The Hall–Kier alpha value is -1.54. The molecule has 0 radical (unpaired) electrons. The molecule has 9 heteroatoms. The van der Waals surface area contributed by atoms with Crippen LogP contribution in [0.25, 0.3) is 0 Å². The summed E-state index contributed by atoms with van der Waals surface area (Å²) in [5.74, 6) is -0.224. The van der Waals surface area contributed by atoms with E-state index in [1.54, 1.807) is 6.08 Å². The smallest absolute Gasteiger partial charge is 0.268 e. The molecule has 0 aliphatic carbocycles. The second kappa shape index (κ2) is 34.2. The highest BCUT2D eigenvalue weighted by molar-refractivity contribution is 7.45. The number of hydrogen-bond acceptors (Lipinski definition) is 6. The lowest BCUT2D eigenvalue weighted by atomic mass is 10.1. The summed E-state index contributed by atoms with van der Waals surface area (Å²) in [5.41, 5.74) is 0. The Morgan fingerprint density at radius 2 is 1.10 bits per heavy atom. The van der Waals surface area contributed by atoms with Crippen LogP contribution in [-0.2, 0) is 18.4 Å². The second-order valence-corrected chi connectivity index (χ2v) is 16.4. The molecule has 0 saturated heterocycles. The molecule has 0 fully saturated rings. The van der Waals surface area contributed by atoms with Crippen molar-refractivity contribution in [2.75, 3.05) is 40.9 Å². The third-order valence-electron chi connectivity index (χ3n) is 8.74. The molecule has 298 valence electrons. The number of phosphoric acid groups is 1. The predicted octanol–water partition coefficient (Wildman–Crippen LogP) is 10.3. The number of hydrogen-bond donors (Lipinski definition) is 2. The van der Waals surface area contributed by atoms with Crippen molar-refractivity contribution in [3.8, 4) is 0 Å². The summed E-state index contributed by atoms with van der Waals surface area (Å²) in [6, 6.07) is -0.912. The summed E-state index contributed by atoms with van der Waals surface area (Å²) in [6.45, 7) is 4.56. The van der Waals surface area contributed by atoms with E-state index in [0.29, 0.717) is 17.4 Å². The fraction of sp³-hybridized carbons (Fsp3) is 0.786. The Kier molecular flexibility index (Phi) is 33.2. The summed E-state index contributed by atoms with van der Waals surface area (Å²) >= 11 is 0. The van der Waals surface area contributed by atoms with Crippen molar-refractivity contribution in [2.24, 2.45) is 0 Å². The fourth-order valence-electron chi connectivity index (χ4n) is 5.41. The van der Waals surface area contributed by atoms with Gasteiger partial charge in [0, 0.05) is 6.42 Å². The van der Waals surface area contributed by atoms with E-state index >= 15 is 0 Å². The predicted molar refractivity (Wildman–Crippen MR) is 214 cm³/mol. The molecular formula is C42H79N2O6P. The minimum absolute atomic E-state index is 0.0118. The maximum absolute atomic E-state index is 12.8. The SMILES string of the molecule is CCCCCCC/C=C\CCCCCCCC(=O)NC(COP(=O)([O-])OCC[N+](C)(C)C)C(O)/C=C/CC/C=C/CC/C=C/CCCCCCC. The Morgan fingerprint density at radius 1 is 0.667 bits per heavy atom. The number of amides is 1. The maximum Gasteiger partial charge on any atom is 0.268 e. The lowest BCUT2D eigenvalue weighted by Crippen LogP contribution is -2.45. The van der Waals surface area contributed by atoms with Crippen LogP contribution < -0.4 is 10.2 Å². The van der Waals surface area contributed by atoms with E-state index in [0.717, 1.165) is 64.2 Å². The second-order valence-electron chi connectivity index (χ2n) is 15.0. The zero-order chi connectivity index (χ0) is 37.9. The average molecular weight is 739 g/mol. The number of carbonyl (C=O) groups is 1. The van der Waals surface area contributed by atoms with Gasteiger partial charge in [-0.1, -0.05) is 133 Å². The number of nitrogens with zero attached hydrogens (tertiary/aromatic N) is 1. The average Bonchev–Trinajstić information content (AvgIpc) is 3.07. The van der Waals surface area contributed by atoms with E-state index in [2.05, 4.69) is 55.6 Å². The molecule has 2 N–H and O–H groups in total. The van der Waals surface area contributed by atoms with E-state index in [1.165, 1.54) is 77.0 Å². The van der Waals surface area contributed by atoms with Gasteiger partial charge in [-0.05, 0) is 70.6 Å². The van der Waals surface area contributed by atoms with E-state index in [4.69, 9.17) is 9.05 Å². The quantitative estimate of drug-likeness (QED) is 0.0287. The number of aliphatic hydroxyl groups excluding tert-OH is 1. The zero-order valence-corrected chi connectivity index (χ0v) is 34.4. The Labute approximate surface area is 314 Å². The van der Waals surface area contributed by atoms with Crippen LogP contribution in [0.2, 0.25) is 0 Å². The highest BCUT2D eigenvalue weighted by Gasteiger charge is 2.23. The number of nitrogens with one attached hydrogen (secondary N) is 1. The third kappa shape index (κ3) is 36.6. The molecule has 8 nitrogen and oxygen atoms in total. The van der Waals surface area contributed by atoms with Gasteiger partial charge in [-0.25, -0.2) is 0 Å². The van der Waals surface area contributed by atoms with Crippen LogP contribution in [0.4, 0.5) is 0 Å². The molecule has 51 heavy (non-hydrogen) atoms. The van der Waals surface area contributed by atoms with Crippen LogP contribution in [0.5, 0.6) is 0 Å². The number of rotatable bonds is 36. The molecule has 0 aliphatic heterocycles. The van der Waals surface area contributed by atoms with Gasteiger partial charge in [0.2, 0.25) is 5.91 Å². The number of aliphatic hydroxyl groups is 1. The van der Waals surface area contributed by atoms with Gasteiger partial charge in [-0.3, -0.25) is 9.36 Å². The van der Waals surface area contributed by atoms with E-state index < -0.39 is 26.6 Å². The van der Waals surface area contributed by atoms with E-state index in [9.17, 15) is 19.4 Å². The van der Waals surface area contributed by atoms with Crippen LogP contribution >= 0.6 is 7.82 Å². The maximum atomic E-state index is 12.8. The number of phosphoric ester groups is 1. The summed E-state index contributed by atoms with van der Waals surface area (Å²) in [4.78, 5) is 25.2. The number of likely N-dealkylation sites (N-methyl/N-ethyl adjacent to an activating group) is 1. The van der Waals surface area contributed by atoms with Crippen LogP contribution in [0, 0.1) is 0 Å². The number of quaternary nitrogens is 1. The molecule has 3 atom stereocenters. The molecular weight excluding hydrogens is 659 g/mol. The van der Waals surface area contributed by atoms with E-state index in [1.807, 2.05) is 27.2 Å². The Balaban J connectivity index is 4.60. The Bertz CT molecular complexity index is 975. The highest BCUT2D eigenvalue weighted by atomic mass is 31.2. The van der Waals surface area contributed by atoms with Crippen molar-refractivity contribution in [1.82, 2.24) is 5.32 Å². The van der Waals surface area contributed by atoms with Crippen LogP contribution in [0.3, 0.4) is 0 Å². The standard InChI is InChI=1S/C42H79N2O6P/c1-6-8-10-12-14-16-18-20-22-23-25-27-29-31-33-35-41(45)40(39-50-51(47,48)49-38-37-44(3,4)5)43-42(46)36-34-32-30-28-26-24-21-19-17-15-13-11-9-7-2/h18-21,25,27,33,35,40-41,45H,6-17,22-24,26,28-32,34,36-39H2,1-5H3,(H-,43,46,47,48)/b20-18+,21-19-,27-25+,35-33+. The summed E-state index contributed by atoms with van der Waals surface area (Å²) in [5, 5.41) is 13.7. The number of unbranched alkanes of at least 4 members (excludes halogenated alkanes) is 17. The van der Waals surface area contributed by atoms with Gasteiger partial charge in [-0.2, -0.15) is 0 Å². The molecule has 1 amide bonds. The topological polar surface area (TPSA) is 108 Å². The minimum atomic E-state index is -4.60. The van der Waals surface area contributed by atoms with Gasteiger partial charge in [0.05, 0.1) is 39.9 Å². The van der Waals surface area contributed by atoms with Crippen molar-refractivity contribution in [2.45, 2.75) is 174 Å². The lowest BCUT2D eigenvalue weighted by Gasteiger charge is -2.29. The molecule has 0 aromatic heterocycles. The molecule has 0 rings (SSSR count). The zero-order valence-electron chi connectivity index (χ0n) is 33.5. The lowest BCUT2D eigenvalue weighted by molar-refractivity contribution is -0.870. The summed E-state index contributed by atoms with van der Waals surface area (Å²) in [6.07, 6.45) is 41.5. The van der Waals surface area contributed by atoms with Gasteiger partial charge in [-0.15, -0.1) is 0 Å². The number of carbonyl (C=O) groups excluding carboxylic acids is 1. The van der Waals surface area contributed by atoms with Gasteiger partial charge in [0.1, 0.15) is 13.2 Å². The van der Waals surface area contributed by atoms with Crippen molar-refractivity contribution in [3.05, 3.63) is 48.6 Å². The molecule has 0 heterocycles. The van der Waals surface area contributed by atoms with Gasteiger partial charge >= 0.3 is 0 Å². The highest BCUT2D eigenvalue weighted by Crippen LogP contribution is 2.38. The van der Waals surface area contributed by atoms with Crippen molar-refractivity contribution >= 4 is 13.7 Å². The fourth-order valence-corrected chi connectivity index (χ4v) is 6.13. The van der Waals surface area contributed by atoms with E-state index in [-0.39, 0.29) is 12.5 Å². The summed E-state index contributed by atoms with van der Waals surface area (Å²) < 4.78 is 23.1. The van der Waals surface area contributed by atoms with Gasteiger partial charge in [0.25, 0.3) is 7.82 Å². The molecule has 3 unspecified atom stereocenters.